The highest BCUT2D eigenvalue weighted by Gasteiger charge is 2.25. The van der Waals surface area contributed by atoms with E-state index in [9.17, 15) is 0 Å². The SMILES string of the molecule is CCCCCCCCCCCCCCCCCC(CCCCCCCC)c1[nH]cc[n+]1C(C)CCCCC. The number of nitrogens with one attached hydrogen (secondary N) is 1. The molecule has 0 saturated carbocycles. The van der Waals surface area contributed by atoms with Gasteiger partial charge in [-0.15, -0.1) is 0 Å². The lowest BCUT2D eigenvalue weighted by Gasteiger charge is -2.17. The third-order valence-electron chi connectivity index (χ3n) is 8.89. The lowest BCUT2D eigenvalue weighted by Crippen LogP contribution is -2.41. The van der Waals surface area contributed by atoms with E-state index in [1.165, 1.54) is 179 Å². The molecule has 2 atom stereocenters. The van der Waals surface area contributed by atoms with Crippen LogP contribution in [0.5, 0.6) is 0 Å². The Balaban J connectivity index is 2.29. The molecule has 0 amide bonds. The van der Waals surface area contributed by atoms with Gasteiger partial charge in [-0.3, -0.25) is 0 Å². The Morgan fingerprint density at radius 1 is 0.500 bits per heavy atom. The molecule has 2 unspecified atom stereocenters. The number of aromatic amines is 1. The van der Waals surface area contributed by atoms with Gasteiger partial charge in [0.05, 0.1) is 12.0 Å². The average molecular weight is 532 g/mol. The highest BCUT2D eigenvalue weighted by atomic mass is 15.1. The van der Waals surface area contributed by atoms with Crippen molar-refractivity contribution in [1.29, 1.82) is 0 Å². The summed E-state index contributed by atoms with van der Waals surface area (Å²) in [7, 11) is 0. The van der Waals surface area contributed by atoms with Gasteiger partial charge in [0.15, 0.2) is 0 Å². The summed E-state index contributed by atoms with van der Waals surface area (Å²) in [6, 6.07) is 0.621. The van der Waals surface area contributed by atoms with Crippen LogP contribution in [0.3, 0.4) is 0 Å². The van der Waals surface area contributed by atoms with Gasteiger partial charge in [0, 0.05) is 0 Å². The molecule has 38 heavy (non-hydrogen) atoms. The molecule has 0 aliphatic carbocycles. The topological polar surface area (TPSA) is 19.7 Å². The number of hydrogen-bond donors (Lipinski definition) is 1. The Morgan fingerprint density at radius 3 is 1.26 bits per heavy atom. The minimum atomic E-state index is 0.621. The van der Waals surface area contributed by atoms with Crippen LogP contribution < -0.4 is 4.57 Å². The van der Waals surface area contributed by atoms with Gasteiger partial charge in [-0.1, -0.05) is 168 Å². The van der Waals surface area contributed by atoms with Gasteiger partial charge in [-0.2, -0.15) is 0 Å². The van der Waals surface area contributed by atoms with Crippen molar-refractivity contribution in [3.63, 3.8) is 0 Å². The van der Waals surface area contributed by atoms with E-state index in [0.29, 0.717) is 12.0 Å². The summed E-state index contributed by atoms with van der Waals surface area (Å²) in [5, 5.41) is 0. The monoisotopic (exact) mass is 532 g/mol. The van der Waals surface area contributed by atoms with Gasteiger partial charge in [0.2, 0.25) is 0 Å². The number of hydrogen-bond acceptors (Lipinski definition) is 0. The molecule has 0 spiro atoms. The molecular formula is C36H71N2+. The van der Waals surface area contributed by atoms with Gasteiger partial charge < -0.3 is 0 Å². The van der Waals surface area contributed by atoms with Gasteiger partial charge >= 0.3 is 0 Å². The Bertz CT molecular complexity index is 592. The van der Waals surface area contributed by atoms with E-state index in [0.717, 1.165) is 0 Å². The smallest absolute Gasteiger partial charge is 0.247 e. The van der Waals surface area contributed by atoms with Crippen LogP contribution in [-0.4, -0.2) is 4.98 Å². The predicted molar refractivity (Wildman–Crippen MR) is 170 cm³/mol. The predicted octanol–water partition coefficient (Wildman–Crippen LogP) is 12.5. The Kier molecular flexibility index (Phi) is 24.5. The first-order valence-electron chi connectivity index (χ1n) is 17.8. The normalized spacial score (nSPS) is 13.3. The van der Waals surface area contributed by atoms with Crippen LogP contribution in [-0.2, 0) is 0 Å². The molecule has 224 valence electrons. The molecule has 0 aliphatic rings. The van der Waals surface area contributed by atoms with Crippen molar-refractivity contribution in [3.8, 4) is 0 Å². The molecule has 1 N–H and O–H groups in total. The minimum Gasteiger partial charge on any atom is -0.247 e. The number of aromatic nitrogens is 2. The molecule has 0 aliphatic heterocycles. The molecule has 0 fully saturated rings. The van der Waals surface area contributed by atoms with Crippen molar-refractivity contribution < 1.29 is 4.57 Å². The van der Waals surface area contributed by atoms with Gasteiger partial charge in [0.25, 0.3) is 5.82 Å². The zero-order chi connectivity index (χ0) is 27.5. The lowest BCUT2D eigenvalue weighted by atomic mass is 9.93. The van der Waals surface area contributed by atoms with Crippen LogP contribution in [0.25, 0.3) is 0 Å². The maximum atomic E-state index is 3.70. The molecular weight excluding hydrogens is 460 g/mol. The Morgan fingerprint density at radius 2 is 0.842 bits per heavy atom. The van der Waals surface area contributed by atoms with Crippen LogP contribution in [0.2, 0.25) is 0 Å². The van der Waals surface area contributed by atoms with Crippen LogP contribution in [0.4, 0.5) is 0 Å². The summed E-state index contributed by atoms with van der Waals surface area (Å²) in [5.41, 5.74) is 0. The Hall–Kier alpha value is -0.790. The standard InChI is InChI=1S/C36H70N2/c1-5-8-11-13-15-16-17-18-19-20-21-22-23-25-28-31-35(30-27-24-14-12-9-6-2)36-37-32-33-38(36)34(4)29-26-10-7-3/h32-35H,5-31H2,1-4H3/p+1. The summed E-state index contributed by atoms with van der Waals surface area (Å²) in [5.74, 6) is 2.24. The summed E-state index contributed by atoms with van der Waals surface area (Å²) < 4.78 is 2.60. The van der Waals surface area contributed by atoms with Crippen molar-refractivity contribution in [2.24, 2.45) is 0 Å². The van der Waals surface area contributed by atoms with Crippen molar-refractivity contribution in [1.82, 2.24) is 4.98 Å². The van der Waals surface area contributed by atoms with E-state index in [1.807, 2.05) is 0 Å². The van der Waals surface area contributed by atoms with E-state index < -0.39 is 0 Å². The molecule has 1 aromatic heterocycles. The molecule has 1 rings (SSSR count). The van der Waals surface area contributed by atoms with E-state index in [4.69, 9.17) is 0 Å². The van der Waals surface area contributed by atoms with Crippen LogP contribution in [0.15, 0.2) is 12.4 Å². The number of rotatable bonds is 29. The van der Waals surface area contributed by atoms with E-state index in [1.54, 1.807) is 0 Å². The van der Waals surface area contributed by atoms with E-state index >= 15 is 0 Å². The Labute approximate surface area is 240 Å². The summed E-state index contributed by atoms with van der Waals surface area (Å²) in [4.78, 5) is 3.70. The van der Waals surface area contributed by atoms with E-state index in [2.05, 4.69) is 49.6 Å². The first kappa shape index (κ1) is 35.2. The average Bonchev–Trinajstić information content (AvgIpc) is 3.41. The summed E-state index contributed by atoms with van der Waals surface area (Å²) in [6.45, 7) is 9.37. The quantitative estimate of drug-likeness (QED) is 0.0783. The second kappa shape index (κ2) is 26.4. The van der Waals surface area contributed by atoms with Gasteiger partial charge in [0.1, 0.15) is 12.4 Å². The molecule has 1 aromatic rings. The van der Waals surface area contributed by atoms with Crippen molar-refractivity contribution in [2.75, 3.05) is 0 Å². The molecule has 0 saturated heterocycles. The highest BCUT2D eigenvalue weighted by Crippen LogP contribution is 2.27. The molecule has 1 heterocycles. The van der Waals surface area contributed by atoms with Crippen molar-refractivity contribution in [2.45, 2.75) is 213 Å². The zero-order valence-electron chi connectivity index (χ0n) is 26.8. The van der Waals surface area contributed by atoms with Crippen LogP contribution in [0, 0.1) is 0 Å². The fourth-order valence-electron chi connectivity index (χ4n) is 6.25. The lowest BCUT2D eigenvalue weighted by molar-refractivity contribution is -0.727. The van der Waals surface area contributed by atoms with E-state index in [-0.39, 0.29) is 0 Å². The molecule has 0 bridgehead atoms. The fraction of sp³-hybridized carbons (Fsp3) is 0.917. The second-order valence-electron chi connectivity index (χ2n) is 12.6. The summed E-state index contributed by atoms with van der Waals surface area (Å²) in [6.07, 6.45) is 42.8. The molecule has 2 heteroatoms. The third kappa shape index (κ3) is 18.5. The first-order valence-corrected chi connectivity index (χ1v) is 17.8. The van der Waals surface area contributed by atoms with Crippen molar-refractivity contribution >= 4 is 0 Å². The molecule has 0 radical (unpaired) electrons. The summed E-state index contributed by atoms with van der Waals surface area (Å²) >= 11 is 0. The first-order chi connectivity index (χ1) is 18.7. The molecule has 2 nitrogen and oxygen atoms in total. The minimum absolute atomic E-state index is 0.621. The van der Waals surface area contributed by atoms with Gasteiger partial charge in [-0.05, 0) is 32.6 Å². The maximum absolute atomic E-state index is 3.70. The van der Waals surface area contributed by atoms with Crippen LogP contribution >= 0.6 is 0 Å². The maximum Gasteiger partial charge on any atom is 0.257 e. The van der Waals surface area contributed by atoms with Crippen molar-refractivity contribution in [3.05, 3.63) is 18.2 Å². The molecule has 0 aromatic carbocycles. The van der Waals surface area contributed by atoms with Crippen LogP contribution in [0.1, 0.15) is 219 Å². The highest BCUT2D eigenvalue weighted by molar-refractivity contribution is 4.90. The number of unbranched alkanes of at least 4 members (excludes halogenated alkanes) is 21. The fourth-order valence-corrected chi connectivity index (χ4v) is 6.25. The largest absolute Gasteiger partial charge is 0.257 e. The second-order valence-corrected chi connectivity index (χ2v) is 12.6. The third-order valence-corrected chi connectivity index (χ3v) is 8.89. The number of H-pyrrole nitrogens is 1. The zero-order valence-corrected chi connectivity index (χ0v) is 26.8. The van der Waals surface area contributed by atoms with Gasteiger partial charge in [-0.25, -0.2) is 9.55 Å². The number of imidazole rings is 1. The number of nitrogens with zero attached hydrogens (tertiary/aromatic N) is 1.